The summed E-state index contributed by atoms with van der Waals surface area (Å²) in [4.78, 5) is 20.3. The van der Waals surface area contributed by atoms with Crippen molar-refractivity contribution in [3.05, 3.63) is 33.9 Å². The fourth-order valence-corrected chi connectivity index (χ4v) is 1.68. The Morgan fingerprint density at radius 3 is 2.54 bits per heavy atom. The van der Waals surface area contributed by atoms with Gasteiger partial charge in [0.2, 0.25) is 0 Å². The first-order valence-corrected chi connectivity index (χ1v) is 4.50. The van der Waals surface area contributed by atoms with Crippen LogP contribution in [0.2, 0.25) is 0 Å². The second-order valence-corrected chi connectivity index (χ2v) is 3.64. The van der Waals surface area contributed by atoms with Crippen molar-refractivity contribution in [3.8, 4) is 0 Å². The number of hydrogen-bond acceptors (Lipinski definition) is 3. The van der Waals surface area contributed by atoms with E-state index in [1.807, 2.05) is 0 Å². The van der Waals surface area contributed by atoms with Gasteiger partial charge in [0.25, 0.3) is 0 Å². The quantitative estimate of drug-likeness (QED) is 0.433. The molecule has 0 aromatic heterocycles. The topological polar surface area (TPSA) is 80.4 Å². The molecule has 0 bridgehead atoms. The van der Waals surface area contributed by atoms with E-state index < -0.39 is 10.9 Å². The Morgan fingerprint density at radius 1 is 1.54 bits per heavy atom. The normalized spacial score (nSPS) is 9.62. The Morgan fingerprint density at radius 2 is 2.15 bits per heavy atom. The number of nitro groups is 1. The molecule has 1 unspecified atom stereocenters. The van der Waals surface area contributed by atoms with Crippen LogP contribution in [0, 0.1) is 10.1 Å². The summed E-state index contributed by atoms with van der Waals surface area (Å²) in [5.74, 6) is -1.06. The maximum atomic E-state index is 10.5. The van der Waals surface area contributed by atoms with E-state index in [1.165, 1.54) is 18.2 Å². The third-order valence-corrected chi connectivity index (χ3v) is 2.48. The SMILES string of the molecule is O=C(O)c1ccc([N+](=O)[O-])cc1[AsH2]. The van der Waals surface area contributed by atoms with Crippen molar-refractivity contribution in [2.75, 3.05) is 0 Å². The zero-order valence-electron chi connectivity index (χ0n) is 6.43. The Kier molecular flexibility index (Phi) is 2.68. The predicted molar refractivity (Wildman–Crippen MR) is 48.2 cm³/mol. The van der Waals surface area contributed by atoms with Gasteiger partial charge >= 0.3 is 81.6 Å². The van der Waals surface area contributed by atoms with Crippen LogP contribution in [0.1, 0.15) is 10.4 Å². The van der Waals surface area contributed by atoms with Crippen LogP contribution in [0.4, 0.5) is 5.69 Å². The summed E-state index contributed by atoms with van der Waals surface area (Å²) >= 11 is 1.06. The van der Waals surface area contributed by atoms with Crippen LogP contribution in [0.25, 0.3) is 0 Å². The Balaban J connectivity index is 3.20. The molecule has 0 fully saturated rings. The molecule has 1 aromatic rings. The number of aromatic carboxylic acids is 1. The summed E-state index contributed by atoms with van der Waals surface area (Å²) in [5, 5.41) is 18.9. The van der Waals surface area contributed by atoms with Crippen LogP contribution < -0.4 is 4.35 Å². The van der Waals surface area contributed by atoms with E-state index in [-0.39, 0.29) is 11.3 Å². The van der Waals surface area contributed by atoms with E-state index in [4.69, 9.17) is 5.11 Å². The van der Waals surface area contributed by atoms with E-state index >= 15 is 0 Å². The van der Waals surface area contributed by atoms with Crippen molar-refractivity contribution in [1.29, 1.82) is 0 Å². The molecule has 6 heteroatoms. The molecule has 0 spiro atoms. The van der Waals surface area contributed by atoms with E-state index in [9.17, 15) is 14.9 Å². The van der Waals surface area contributed by atoms with Crippen LogP contribution in [0.5, 0.6) is 0 Å². The first kappa shape index (κ1) is 9.73. The summed E-state index contributed by atoms with van der Waals surface area (Å²) in [7, 11) is 0. The second-order valence-electron chi connectivity index (χ2n) is 2.33. The minimum atomic E-state index is -1.06. The molecule has 0 radical (unpaired) electrons. The number of carboxylic acids is 1. The zero-order chi connectivity index (χ0) is 10.0. The molecule has 13 heavy (non-hydrogen) atoms. The zero-order valence-corrected chi connectivity index (χ0v) is 8.85. The number of benzene rings is 1. The van der Waals surface area contributed by atoms with Gasteiger partial charge in [0.05, 0.1) is 0 Å². The van der Waals surface area contributed by atoms with E-state index in [0.717, 1.165) is 16.9 Å². The fourth-order valence-electron chi connectivity index (χ4n) is 0.858. The van der Waals surface area contributed by atoms with Gasteiger partial charge in [-0.1, -0.05) is 0 Å². The average Bonchev–Trinajstić information content (AvgIpc) is 2.03. The molecule has 0 saturated heterocycles. The fraction of sp³-hybridized carbons (Fsp3) is 0. The monoisotopic (exact) mass is 243 g/mol. The van der Waals surface area contributed by atoms with Crippen molar-refractivity contribution in [2.24, 2.45) is 0 Å². The number of nitrogens with zero attached hydrogens (tertiary/aromatic N) is 1. The van der Waals surface area contributed by atoms with Crippen molar-refractivity contribution in [3.63, 3.8) is 0 Å². The van der Waals surface area contributed by atoms with Gasteiger partial charge in [0.1, 0.15) is 0 Å². The molecule has 0 saturated carbocycles. The number of carboxylic acid groups (broad SMARTS) is 1. The molecule has 1 atom stereocenters. The molecular weight excluding hydrogens is 237 g/mol. The molecule has 68 valence electrons. The summed E-state index contributed by atoms with van der Waals surface area (Å²) in [6, 6.07) is 3.70. The third kappa shape index (κ3) is 2.06. The standard InChI is InChI=1S/C7H6AsNO4/c8-6-3-4(9(12)13)1-2-5(6)7(10)11/h1-3H,8H2,(H,10,11). The Hall–Kier alpha value is -1.35. The van der Waals surface area contributed by atoms with Gasteiger partial charge in [-0.2, -0.15) is 0 Å². The van der Waals surface area contributed by atoms with Crippen LogP contribution in [0.3, 0.4) is 0 Å². The van der Waals surface area contributed by atoms with Gasteiger partial charge in [-0.25, -0.2) is 0 Å². The second kappa shape index (κ2) is 3.58. The Bertz CT molecular complexity index is 377. The van der Waals surface area contributed by atoms with Gasteiger partial charge in [-0.3, -0.25) is 0 Å². The molecule has 0 amide bonds. The first-order chi connectivity index (χ1) is 6.02. The van der Waals surface area contributed by atoms with Crippen LogP contribution in [-0.2, 0) is 0 Å². The molecule has 1 rings (SSSR count). The summed E-state index contributed by atoms with van der Waals surface area (Å²) in [5.41, 5.74) is 0.0370. The summed E-state index contributed by atoms with van der Waals surface area (Å²) < 4.78 is 0.453. The number of carbonyl (C=O) groups is 1. The third-order valence-electron chi connectivity index (χ3n) is 1.48. The molecule has 0 aliphatic heterocycles. The van der Waals surface area contributed by atoms with Gasteiger partial charge in [-0.15, -0.1) is 0 Å². The van der Waals surface area contributed by atoms with Gasteiger partial charge in [0.15, 0.2) is 0 Å². The maximum absolute atomic E-state index is 10.5. The molecule has 5 nitrogen and oxygen atoms in total. The number of non-ortho nitro benzene ring substituents is 1. The molecular formula is C7H6AsNO4. The van der Waals surface area contributed by atoms with Crippen LogP contribution in [-0.4, -0.2) is 32.9 Å². The van der Waals surface area contributed by atoms with Gasteiger partial charge < -0.3 is 0 Å². The van der Waals surface area contributed by atoms with Crippen molar-refractivity contribution in [1.82, 2.24) is 0 Å². The first-order valence-electron chi connectivity index (χ1n) is 3.29. The van der Waals surface area contributed by atoms with Gasteiger partial charge in [0, 0.05) is 0 Å². The molecule has 0 aliphatic rings. The average molecular weight is 243 g/mol. The summed E-state index contributed by atoms with van der Waals surface area (Å²) in [6.45, 7) is 0. The van der Waals surface area contributed by atoms with Gasteiger partial charge in [-0.05, 0) is 0 Å². The number of rotatable bonds is 2. The van der Waals surface area contributed by atoms with Crippen LogP contribution in [0.15, 0.2) is 18.2 Å². The van der Waals surface area contributed by atoms with Crippen molar-refractivity contribution < 1.29 is 14.8 Å². The molecule has 0 aliphatic carbocycles. The summed E-state index contributed by atoms with van der Waals surface area (Å²) in [6.07, 6.45) is 0. The van der Waals surface area contributed by atoms with E-state index in [0.29, 0.717) is 4.35 Å². The van der Waals surface area contributed by atoms with Crippen LogP contribution >= 0.6 is 0 Å². The molecule has 1 aromatic carbocycles. The number of nitro benzene ring substituents is 1. The van der Waals surface area contributed by atoms with Crippen molar-refractivity contribution >= 4 is 32.9 Å². The minimum absolute atomic E-state index is 0.0793. The number of hydrogen-bond donors (Lipinski definition) is 1. The predicted octanol–water partition coefficient (Wildman–Crippen LogP) is -0.449. The van der Waals surface area contributed by atoms with Crippen molar-refractivity contribution in [2.45, 2.75) is 0 Å². The van der Waals surface area contributed by atoms with E-state index in [1.54, 1.807) is 0 Å². The molecule has 0 heterocycles. The Labute approximate surface area is 82.0 Å². The molecule has 1 N–H and O–H groups in total. The van der Waals surface area contributed by atoms with E-state index in [2.05, 4.69) is 0 Å².